The molecule has 0 radical (unpaired) electrons. The van der Waals surface area contributed by atoms with Crippen molar-refractivity contribution < 1.29 is 9.59 Å². The van der Waals surface area contributed by atoms with Gasteiger partial charge in [-0.3, -0.25) is 9.59 Å². The smallest absolute Gasteiger partial charge is 0.244 e. The largest absolute Gasteiger partial charge is 0.359 e. The Morgan fingerprint density at radius 1 is 1.17 bits per heavy atom. The van der Waals surface area contributed by atoms with E-state index in [0.717, 1.165) is 44.0 Å². The number of likely N-dealkylation sites (N-methyl/N-ethyl adjacent to an activating group) is 1. The van der Waals surface area contributed by atoms with Crippen LogP contribution in [0.25, 0.3) is 0 Å². The second-order valence-corrected chi connectivity index (χ2v) is 7.37. The molecular formula is C22H35N5O2. The van der Waals surface area contributed by atoms with Crippen LogP contribution in [-0.2, 0) is 16.1 Å². The van der Waals surface area contributed by atoms with Gasteiger partial charge in [0, 0.05) is 46.2 Å². The summed E-state index contributed by atoms with van der Waals surface area (Å²) >= 11 is 0. The van der Waals surface area contributed by atoms with Crippen LogP contribution < -0.4 is 10.6 Å². The van der Waals surface area contributed by atoms with Crippen molar-refractivity contribution in [3.8, 4) is 0 Å². The first kappa shape index (κ1) is 22.7. The van der Waals surface area contributed by atoms with Gasteiger partial charge in [0.15, 0.2) is 5.96 Å². The molecule has 7 heteroatoms. The van der Waals surface area contributed by atoms with Crippen LogP contribution in [-0.4, -0.2) is 67.3 Å². The molecule has 0 atom stereocenters. The molecule has 2 N–H and O–H groups in total. The quantitative estimate of drug-likeness (QED) is 0.515. The number of aliphatic imine (C=N–C) groups is 1. The molecule has 2 amide bonds. The molecule has 0 bridgehead atoms. The predicted octanol–water partition coefficient (Wildman–Crippen LogP) is 1.85. The minimum absolute atomic E-state index is 0.0289. The molecule has 0 aromatic heterocycles. The molecule has 1 aromatic carbocycles. The number of carbonyl (C=O) groups is 2. The number of amides is 2. The van der Waals surface area contributed by atoms with Crippen molar-refractivity contribution in [2.75, 3.05) is 39.8 Å². The van der Waals surface area contributed by atoms with Gasteiger partial charge < -0.3 is 20.4 Å². The lowest BCUT2D eigenvalue weighted by Gasteiger charge is -2.34. The Morgan fingerprint density at radius 2 is 1.86 bits per heavy atom. The molecule has 0 unspecified atom stereocenters. The molecule has 2 rings (SSSR count). The number of benzene rings is 1. The molecule has 1 heterocycles. The predicted molar refractivity (Wildman–Crippen MR) is 116 cm³/mol. The second kappa shape index (κ2) is 12.1. The van der Waals surface area contributed by atoms with E-state index in [1.807, 2.05) is 49.1 Å². The van der Waals surface area contributed by atoms with E-state index < -0.39 is 0 Å². The van der Waals surface area contributed by atoms with E-state index in [-0.39, 0.29) is 18.4 Å². The highest BCUT2D eigenvalue weighted by atomic mass is 16.2. The molecule has 1 aliphatic rings. The molecule has 29 heavy (non-hydrogen) atoms. The first-order valence-corrected chi connectivity index (χ1v) is 10.6. The van der Waals surface area contributed by atoms with Gasteiger partial charge in [0.1, 0.15) is 6.54 Å². The number of likely N-dealkylation sites (tertiary alicyclic amines) is 1. The van der Waals surface area contributed by atoms with E-state index in [9.17, 15) is 9.59 Å². The second-order valence-electron chi connectivity index (χ2n) is 7.37. The number of nitrogens with zero attached hydrogens (tertiary/aromatic N) is 3. The van der Waals surface area contributed by atoms with Gasteiger partial charge in [-0.1, -0.05) is 30.3 Å². The summed E-state index contributed by atoms with van der Waals surface area (Å²) < 4.78 is 0. The summed E-state index contributed by atoms with van der Waals surface area (Å²) in [7, 11) is 1.68. The van der Waals surface area contributed by atoms with Crippen molar-refractivity contribution >= 4 is 17.8 Å². The molecule has 0 spiro atoms. The van der Waals surface area contributed by atoms with Gasteiger partial charge in [0.25, 0.3) is 0 Å². The Labute approximate surface area is 174 Å². The van der Waals surface area contributed by atoms with Gasteiger partial charge in [-0.25, -0.2) is 4.99 Å². The summed E-state index contributed by atoms with van der Waals surface area (Å²) in [6.45, 7) is 7.88. The van der Waals surface area contributed by atoms with Gasteiger partial charge in [0.05, 0.1) is 0 Å². The summed E-state index contributed by atoms with van der Waals surface area (Å²) in [5.41, 5.74) is 1.12. The molecule has 0 aliphatic carbocycles. The van der Waals surface area contributed by atoms with Crippen LogP contribution in [0, 0.1) is 5.92 Å². The lowest BCUT2D eigenvalue weighted by molar-refractivity contribution is -0.130. The third-order valence-corrected chi connectivity index (χ3v) is 5.32. The van der Waals surface area contributed by atoms with Crippen LogP contribution in [0.15, 0.2) is 35.3 Å². The van der Waals surface area contributed by atoms with Crippen molar-refractivity contribution in [1.82, 2.24) is 20.4 Å². The zero-order valence-corrected chi connectivity index (χ0v) is 18.0. The average Bonchev–Trinajstić information content (AvgIpc) is 2.76. The molecule has 1 saturated heterocycles. The first-order chi connectivity index (χ1) is 14.1. The Hall–Kier alpha value is -2.57. The molecular weight excluding hydrogens is 366 g/mol. The molecule has 1 aromatic rings. The van der Waals surface area contributed by atoms with Crippen LogP contribution in [0.3, 0.4) is 0 Å². The van der Waals surface area contributed by atoms with Crippen LogP contribution >= 0.6 is 0 Å². The zero-order valence-electron chi connectivity index (χ0n) is 18.0. The summed E-state index contributed by atoms with van der Waals surface area (Å²) in [6.07, 6.45) is 2.50. The van der Waals surface area contributed by atoms with E-state index in [0.29, 0.717) is 25.4 Å². The Balaban J connectivity index is 1.92. The molecule has 1 fully saturated rings. The SMILES string of the molecule is CCNC(=NCC(=O)N(CC)Cc1ccccc1)N1CCC(CC(=O)NC)CC1. The lowest BCUT2D eigenvalue weighted by atomic mass is 9.93. The van der Waals surface area contributed by atoms with Gasteiger partial charge >= 0.3 is 0 Å². The van der Waals surface area contributed by atoms with Gasteiger partial charge in [-0.15, -0.1) is 0 Å². The van der Waals surface area contributed by atoms with E-state index in [4.69, 9.17) is 0 Å². The van der Waals surface area contributed by atoms with Gasteiger partial charge in [0.2, 0.25) is 11.8 Å². The summed E-state index contributed by atoms with van der Waals surface area (Å²) in [4.78, 5) is 32.9. The number of piperidine rings is 1. The molecule has 0 saturated carbocycles. The van der Waals surface area contributed by atoms with E-state index in [1.54, 1.807) is 7.05 Å². The fraction of sp³-hybridized carbons (Fsp3) is 0.591. The Morgan fingerprint density at radius 3 is 2.45 bits per heavy atom. The normalized spacial score (nSPS) is 15.1. The molecule has 1 aliphatic heterocycles. The van der Waals surface area contributed by atoms with Gasteiger partial charge in [-0.2, -0.15) is 0 Å². The summed E-state index contributed by atoms with van der Waals surface area (Å²) in [5.74, 6) is 1.33. The number of carbonyl (C=O) groups excluding carboxylic acids is 2. The zero-order chi connectivity index (χ0) is 21.1. The average molecular weight is 402 g/mol. The van der Waals surface area contributed by atoms with Crippen molar-refractivity contribution in [2.45, 2.75) is 39.7 Å². The third-order valence-electron chi connectivity index (χ3n) is 5.32. The van der Waals surface area contributed by atoms with Crippen molar-refractivity contribution in [3.63, 3.8) is 0 Å². The molecule has 7 nitrogen and oxygen atoms in total. The van der Waals surface area contributed by atoms with Crippen LogP contribution in [0.5, 0.6) is 0 Å². The van der Waals surface area contributed by atoms with Crippen LogP contribution in [0.1, 0.15) is 38.7 Å². The number of rotatable bonds is 8. The minimum Gasteiger partial charge on any atom is -0.359 e. The van der Waals surface area contributed by atoms with Crippen molar-refractivity contribution in [3.05, 3.63) is 35.9 Å². The highest BCUT2D eigenvalue weighted by molar-refractivity contribution is 5.85. The number of nitrogens with one attached hydrogen (secondary N) is 2. The maximum atomic E-state index is 12.7. The third kappa shape index (κ3) is 7.40. The fourth-order valence-electron chi connectivity index (χ4n) is 3.56. The first-order valence-electron chi connectivity index (χ1n) is 10.6. The standard InChI is InChI=1S/C22H35N5O2/c1-4-24-22(27-13-11-18(12-14-27)15-20(28)23-3)25-16-21(29)26(5-2)17-19-9-7-6-8-10-19/h6-10,18H,4-5,11-17H2,1-3H3,(H,23,28)(H,24,25). The Kier molecular flexibility index (Phi) is 9.47. The van der Waals surface area contributed by atoms with Gasteiger partial charge in [-0.05, 0) is 38.2 Å². The highest BCUT2D eigenvalue weighted by Crippen LogP contribution is 2.20. The monoisotopic (exact) mass is 401 g/mol. The molecule has 160 valence electrons. The highest BCUT2D eigenvalue weighted by Gasteiger charge is 2.23. The van der Waals surface area contributed by atoms with Crippen LogP contribution in [0.2, 0.25) is 0 Å². The summed E-state index contributed by atoms with van der Waals surface area (Å²) in [6, 6.07) is 10.0. The maximum absolute atomic E-state index is 12.7. The number of guanidine groups is 1. The number of hydrogen-bond donors (Lipinski definition) is 2. The van der Waals surface area contributed by atoms with Crippen molar-refractivity contribution in [1.29, 1.82) is 0 Å². The minimum atomic E-state index is 0.0289. The van der Waals surface area contributed by atoms with E-state index >= 15 is 0 Å². The van der Waals surface area contributed by atoms with E-state index in [1.165, 1.54) is 0 Å². The fourth-order valence-corrected chi connectivity index (χ4v) is 3.56. The lowest BCUT2D eigenvalue weighted by Crippen LogP contribution is -2.46. The van der Waals surface area contributed by atoms with E-state index in [2.05, 4.69) is 20.5 Å². The number of hydrogen-bond acceptors (Lipinski definition) is 3. The van der Waals surface area contributed by atoms with Crippen molar-refractivity contribution in [2.24, 2.45) is 10.9 Å². The van der Waals surface area contributed by atoms with Crippen LogP contribution in [0.4, 0.5) is 0 Å². The Bertz CT molecular complexity index is 669. The summed E-state index contributed by atoms with van der Waals surface area (Å²) in [5, 5.41) is 6.01. The maximum Gasteiger partial charge on any atom is 0.244 e. The topological polar surface area (TPSA) is 77.0 Å².